The van der Waals surface area contributed by atoms with Crippen molar-refractivity contribution in [2.75, 3.05) is 43.0 Å². The van der Waals surface area contributed by atoms with Gasteiger partial charge in [-0.15, -0.1) is 0 Å². The average Bonchev–Trinajstić information content (AvgIpc) is 2.95. The largest absolute Gasteiger partial charge is 0.417 e. The highest BCUT2D eigenvalue weighted by Gasteiger charge is 2.37. The Balaban J connectivity index is 1.70. The summed E-state index contributed by atoms with van der Waals surface area (Å²) in [5, 5.41) is 0. The van der Waals surface area contributed by atoms with Crippen molar-refractivity contribution in [2.24, 2.45) is 5.73 Å². The van der Waals surface area contributed by atoms with E-state index in [1.54, 1.807) is 4.90 Å². The second-order valence-corrected chi connectivity index (χ2v) is 11.8. The van der Waals surface area contributed by atoms with Crippen LogP contribution >= 0.6 is 0 Å². The number of likely N-dealkylation sites (N-methyl/N-ethyl adjacent to an activating group) is 1. The zero-order valence-electron chi connectivity index (χ0n) is 25.4. The molecule has 0 radical (unpaired) electrons. The predicted molar refractivity (Wildman–Crippen MR) is 158 cm³/mol. The van der Waals surface area contributed by atoms with Gasteiger partial charge in [-0.3, -0.25) is 19.1 Å². The molecular weight excluding hydrogens is 601 g/mol. The lowest BCUT2D eigenvalue weighted by Crippen LogP contribution is -2.55. The molecule has 2 aromatic heterocycles. The zero-order chi connectivity index (χ0) is 33.0. The molecule has 0 saturated carbocycles. The number of halogens is 5. The standard InChI is InChI=1S/C30H34F5N7O3/c1-15-10-40(11-16(2)39(15)5)23-7-22(31)25(19-8-37-29(38-9-19)41-12-17(3)45-18(4)13-41)26(32)27(23)42-14-20(28(36)44)21(6-24(42)43)30(33,34)35/h6-9,14-18H,10-13H2,1-5H3,(H2,36,44)/t15-,16+,17-,18-/m1/s1. The normalized spacial score (nSPS) is 23.0. The van der Waals surface area contributed by atoms with Crippen LogP contribution in [0, 0.1) is 11.6 Å². The van der Waals surface area contributed by atoms with Gasteiger partial charge in [-0.05, 0) is 34.7 Å². The van der Waals surface area contributed by atoms with Crippen LogP contribution in [0.3, 0.4) is 0 Å². The van der Waals surface area contributed by atoms with E-state index in [-0.39, 0.29) is 41.6 Å². The molecule has 2 aliphatic heterocycles. The van der Waals surface area contributed by atoms with Crippen molar-refractivity contribution in [2.45, 2.75) is 58.2 Å². The van der Waals surface area contributed by atoms with E-state index < -0.39 is 51.7 Å². The van der Waals surface area contributed by atoms with Gasteiger partial charge in [-0.2, -0.15) is 13.2 Å². The Kier molecular flexibility index (Phi) is 8.61. The number of aromatic nitrogens is 3. The zero-order valence-corrected chi connectivity index (χ0v) is 25.4. The number of nitrogens with zero attached hydrogens (tertiary/aromatic N) is 6. The van der Waals surface area contributed by atoms with Gasteiger partial charge in [0.1, 0.15) is 11.5 Å². The molecule has 4 heterocycles. The van der Waals surface area contributed by atoms with Crippen LogP contribution in [0.5, 0.6) is 0 Å². The Hall–Kier alpha value is -4.11. The first-order valence-corrected chi connectivity index (χ1v) is 14.4. The molecule has 0 unspecified atom stereocenters. The van der Waals surface area contributed by atoms with E-state index in [9.17, 15) is 22.8 Å². The van der Waals surface area contributed by atoms with Crippen LogP contribution in [-0.2, 0) is 10.9 Å². The predicted octanol–water partition coefficient (Wildman–Crippen LogP) is 3.83. The van der Waals surface area contributed by atoms with Gasteiger partial charge in [0, 0.05) is 74.5 Å². The highest BCUT2D eigenvalue weighted by Crippen LogP contribution is 2.38. The molecular formula is C30H34F5N7O3. The number of morpholine rings is 1. The number of piperazine rings is 1. The number of benzene rings is 1. The van der Waals surface area contributed by atoms with Crippen molar-refractivity contribution in [1.82, 2.24) is 19.4 Å². The van der Waals surface area contributed by atoms with Gasteiger partial charge >= 0.3 is 6.18 Å². The molecule has 2 N–H and O–H groups in total. The van der Waals surface area contributed by atoms with E-state index in [1.165, 1.54) is 12.4 Å². The minimum atomic E-state index is -5.09. The number of anilines is 2. The van der Waals surface area contributed by atoms with Crippen LogP contribution in [-0.4, -0.2) is 82.9 Å². The maximum Gasteiger partial charge on any atom is 0.417 e. The van der Waals surface area contributed by atoms with E-state index in [1.807, 2.05) is 39.6 Å². The molecule has 0 spiro atoms. The van der Waals surface area contributed by atoms with Crippen molar-refractivity contribution in [3.05, 3.63) is 63.8 Å². The Morgan fingerprint density at radius 2 is 1.53 bits per heavy atom. The molecule has 0 aliphatic carbocycles. The third-order valence-electron chi connectivity index (χ3n) is 8.37. The third-order valence-corrected chi connectivity index (χ3v) is 8.37. The minimum Gasteiger partial charge on any atom is -0.372 e. The molecule has 1 aromatic carbocycles. The van der Waals surface area contributed by atoms with E-state index >= 15 is 8.78 Å². The van der Waals surface area contributed by atoms with E-state index in [4.69, 9.17) is 10.5 Å². The molecule has 15 heteroatoms. The smallest absolute Gasteiger partial charge is 0.372 e. The van der Waals surface area contributed by atoms with Crippen molar-refractivity contribution < 1.29 is 31.5 Å². The summed E-state index contributed by atoms with van der Waals surface area (Å²) in [6.07, 6.45) is -2.23. The number of hydrogen-bond acceptors (Lipinski definition) is 8. The van der Waals surface area contributed by atoms with Crippen molar-refractivity contribution in [3.63, 3.8) is 0 Å². The number of alkyl halides is 3. The molecule has 2 fully saturated rings. The lowest BCUT2D eigenvalue weighted by Gasteiger charge is -2.44. The third kappa shape index (κ3) is 6.23. The number of nitrogens with two attached hydrogens (primary N) is 1. The number of carbonyl (C=O) groups excluding carboxylic acids is 1. The van der Waals surface area contributed by atoms with Gasteiger partial charge in [-0.25, -0.2) is 18.7 Å². The first-order valence-electron chi connectivity index (χ1n) is 14.4. The van der Waals surface area contributed by atoms with Gasteiger partial charge in [0.05, 0.1) is 34.6 Å². The van der Waals surface area contributed by atoms with Gasteiger partial charge in [0.25, 0.3) is 11.5 Å². The summed E-state index contributed by atoms with van der Waals surface area (Å²) in [7, 11) is 1.90. The Morgan fingerprint density at radius 1 is 0.956 bits per heavy atom. The van der Waals surface area contributed by atoms with Crippen LogP contribution in [0.15, 0.2) is 35.5 Å². The van der Waals surface area contributed by atoms with Gasteiger partial charge < -0.3 is 20.3 Å². The van der Waals surface area contributed by atoms with E-state index in [0.29, 0.717) is 42.9 Å². The lowest BCUT2D eigenvalue weighted by atomic mass is 10.0. The number of rotatable bonds is 5. The van der Waals surface area contributed by atoms with Crippen molar-refractivity contribution in [3.8, 4) is 16.8 Å². The van der Waals surface area contributed by atoms with Gasteiger partial charge in [0.15, 0.2) is 5.82 Å². The second kappa shape index (κ2) is 12.0. The maximum absolute atomic E-state index is 16.7. The molecule has 2 saturated heterocycles. The summed E-state index contributed by atoms with van der Waals surface area (Å²) in [4.78, 5) is 39.6. The van der Waals surface area contributed by atoms with Crippen molar-refractivity contribution in [1.29, 1.82) is 0 Å². The summed E-state index contributed by atoms with van der Waals surface area (Å²) in [6.45, 7) is 9.22. The summed E-state index contributed by atoms with van der Waals surface area (Å²) in [6, 6.07) is 1.06. The molecule has 10 nitrogen and oxygen atoms in total. The van der Waals surface area contributed by atoms with Gasteiger partial charge in [-0.1, -0.05) is 0 Å². The van der Waals surface area contributed by atoms with Gasteiger partial charge in [0.2, 0.25) is 5.95 Å². The number of amides is 1. The highest BCUT2D eigenvalue weighted by molar-refractivity contribution is 5.94. The number of ether oxygens (including phenoxy) is 1. The fraction of sp³-hybridized carbons (Fsp3) is 0.467. The fourth-order valence-electron chi connectivity index (χ4n) is 6.03. The van der Waals surface area contributed by atoms with Crippen LogP contribution in [0.1, 0.15) is 43.6 Å². The molecule has 1 amide bonds. The summed E-state index contributed by atoms with van der Waals surface area (Å²) >= 11 is 0. The monoisotopic (exact) mass is 635 g/mol. The highest BCUT2D eigenvalue weighted by atomic mass is 19.4. The summed E-state index contributed by atoms with van der Waals surface area (Å²) < 4.78 is 80.2. The number of pyridine rings is 1. The lowest BCUT2D eigenvalue weighted by molar-refractivity contribution is -0.138. The van der Waals surface area contributed by atoms with Crippen LogP contribution < -0.4 is 21.1 Å². The molecule has 4 atom stereocenters. The minimum absolute atomic E-state index is 0.0638. The molecule has 242 valence electrons. The number of hydrogen-bond donors (Lipinski definition) is 1. The average molecular weight is 636 g/mol. The van der Waals surface area contributed by atoms with E-state index in [0.717, 1.165) is 6.07 Å². The quantitative estimate of drug-likeness (QED) is 0.422. The first-order chi connectivity index (χ1) is 21.1. The second-order valence-electron chi connectivity index (χ2n) is 11.8. The van der Waals surface area contributed by atoms with E-state index in [2.05, 4.69) is 14.9 Å². The molecule has 45 heavy (non-hydrogen) atoms. The summed E-state index contributed by atoms with van der Waals surface area (Å²) in [5.41, 5.74) is 0.113. The van der Waals surface area contributed by atoms with Crippen molar-refractivity contribution >= 4 is 17.5 Å². The van der Waals surface area contributed by atoms with Crippen LogP contribution in [0.2, 0.25) is 0 Å². The first kappa shape index (κ1) is 32.3. The fourth-order valence-corrected chi connectivity index (χ4v) is 6.03. The maximum atomic E-state index is 16.7. The SMILES string of the molecule is C[C@@H]1CN(c2ncc(-c3c(F)cc(N4C[C@@H](C)N(C)[C@@H](C)C4)c(-n4cc(C(N)=O)c(C(F)(F)F)cc4=O)c3F)cn2)C[C@@H](C)O1. The summed E-state index contributed by atoms with van der Waals surface area (Å²) in [5.74, 6) is -3.39. The number of primary amides is 1. The van der Waals surface area contributed by atoms with Crippen LogP contribution in [0.25, 0.3) is 16.8 Å². The Morgan fingerprint density at radius 3 is 2.07 bits per heavy atom. The topological polar surface area (TPSA) is 110 Å². The Bertz CT molecular complexity index is 1640. The molecule has 0 bridgehead atoms. The molecule has 5 rings (SSSR count). The molecule has 2 aliphatic rings. The Labute approximate surface area is 256 Å². The van der Waals surface area contributed by atoms with Crippen LogP contribution in [0.4, 0.5) is 33.6 Å². The number of carbonyl (C=O) groups is 1. The molecule has 3 aromatic rings.